The Morgan fingerprint density at radius 3 is 2.73 bits per heavy atom. The summed E-state index contributed by atoms with van der Waals surface area (Å²) in [6.07, 6.45) is 0. The van der Waals surface area contributed by atoms with Crippen LogP contribution in [-0.4, -0.2) is 11.7 Å². The molecule has 0 spiro atoms. The number of primary amides is 1. The Morgan fingerprint density at radius 2 is 2.20 bits per heavy atom. The highest BCUT2D eigenvalue weighted by Gasteiger charge is 2.09. The first-order chi connectivity index (χ1) is 6.99. The van der Waals surface area contributed by atoms with Crippen LogP contribution in [0.5, 0.6) is 0 Å². The molecule has 1 unspecified atom stereocenters. The minimum absolute atomic E-state index is 0.237. The minimum Gasteiger partial charge on any atom is -0.399 e. The van der Waals surface area contributed by atoms with Crippen molar-refractivity contribution in [3.8, 4) is 0 Å². The molecule has 0 radical (unpaired) electrons. The molecule has 0 aliphatic carbocycles. The van der Waals surface area contributed by atoms with Gasteiger partial charge in [-0.05, 0) is 18.2 Å². The van der Waals surface area contributed by atoms with Gasteiger partial charge in [0.1, 0.15) is 5.82 Å². The summed E-state index contributed by atoms with van der Waals surface area (Å²) in [4.78, 5) is 11.5. The van der Waals surface area contributed by atoms with Crippen LogP contribution in [0.3, 0.4) is 0 Å². The van der Waals surface area contributed by atoms with Gasteiger partial charge in [-0.3, -0.25) is 4.79 Å². The van der Waals surface area contributed by atoms with E-state index in [4.69, 9.17) is 11.5 Å². The number of carbonyl (C=O) groups is 1. The maximum atomic E-state index is 12.9. The second-order valence-corrected chi connectivity index (χ2v) is 4.43. The number of carbonyl (C=O) groups excluding carboxylic acids is 1. The highest BCUT2D eigenvalue weighted by Crippen LogP contribution is 2.23. The summed E-state index contributed by atoms with van der Waals surface area (Å²) in [6, 6.07) is 4.30. The van der Waals surface area contributed by atoms with Gasteiger partial charge < -0.3 is 11.5 Å². The first-order valence-corrected chi connectivity index (χ1v) is 5.46. The molecule has 0 fully saturated rings. The summed E-state index contributed by atoms with van der Waals surface area (Å²) in [5.74, 6) is -0.436. The van der Waals surface area contributed by atoms with Gasteiger partial charge in [-0.2, -0.15) is 0 Å². The first kappa shape index (κ1) is 11.8. The van der Waals surface area contributed by atoms with Gasteiger partial charge in [-0.15, -0.1) is 11.8 Å². The Kier molecular flexibility index (Phi) is 3.96. The lowest BCUT2D eigenvalue weighted by Gasteiger charge is -2.07. The second-order valence-electron chi connectivity index (χ2n) is 3.33. The predicted octanol–water partition coefficient (Wildman–Crippen LogP) is 1.62. The van der Waals surface area contributed by atoms with E-state index < -0.39 is 0 Å². The maximum absolute atomic E-state index is 12.9. The van der Waals surface area contributed by atoms with E-state index >= 15 is 0 Å². The Balaban J connectivity index is 2.61. The van der Waals surface area contributed by atoms with Crippen molar-refractivity contribution in [1.82, 2.24) is 0 Å². The molecule has 0 heterocycles. The van der Waals surface area contributed by atoms with Crippen LogP contribution in [0.2, 0.25) is 0 Å². The lowest BCUT2D eigenvalue weighted by atomic mass is 10.2. The van der Waals surface area contributed by atoms with Crippen molar-refractivity contribution in [2.75, 3.05) is 11.5 Å². The molecule has 1 rings (SSSR count). The molecular weight excluding hydrogens is 215 g/mol. The van der Waals surface area contributed by atoms with Gasteiger partial charge in [0.2, 0.25) is 5.91 Å². The van der Waals surface area contributed by atoms with E-state index in [0.29, 0.717) is 16.3 Å². The van der Waals surface area contributed by atoms with Crippen LogP contribution in [0.1, 0.15) is 6.92 Å². The van der Waals surface area contributed by atoms with Crippen molar-refractivity contribution in [2.24, 2.45) is 11.7 Å². The molecule has 0 aliphatic heterocycles. The molecule has 0 aromatic heterocycles. The van der Waals surface area contributed by atoms with Gasteiger partial charge in [0, 0.05) is 22.3 Å². The van der Waals surface area contributed by atoms with E-state index in [9.17, 15) is 9.18 Å². The van der Waals surface area contributed by atoms with E-state index in [2.05, 4.69) is 0 Å². The van der Waals surface area contributed by atoms with Crippen LogP contribution in [0.15, 0.2) is 23.1 Å². The summed E-state index contributed by atoms with van der Waals surface area (Å²) >= 11 is 1.36. The zero-order valence-electron chi connectivity index (χ0n) is 8.37. The van der Waals surface area contributed by atoms with Crippen LogP contribution in [0.4, 0.5) is 10.1 Å². The number of thioether (sulfide) groups is 1. The number of hydrogen-bond donors (Lipinski definition) is 2. The Bertz CT molecular complexity index is 350. The van der Waals surface area contributed by atoms with Crippen molar-refractivity contribution in [3.05, 3.63) is 24.0 Å². The molecule has 4 N–H and O–H groups in total. The van der Waals surface area contributed by atoms with Gasteiger partial charge in [-0.1, -0.05) is 6.92 Å². The standard InChI is InChI=1S/C10H13FN2OS/c1-6(10(13)14)5-15-9-3-7(11)2-8(12)4-9/h2-4,6H,5,12H2,1H3,(H2,13,14). The molecule has 1 atom stereocenters. The Labute approximate surface area is 92.0 Å². The average molecular weight is 228 g/mol. The number of amides is 1. The molecule has 82 valence electrons. The topological polar surface area (TPSA) is 69.1 Å². The van der Waals surface area contributed by atoms with Crippen LogP contribution in [0.25, 0.3) is 0 Å². The van der Waals surface area contributed by atoms with Crippen molar-refractivity contribution in [2.45, 2.75) is 11.8 Å². The number of nitrogen functional groups attached to an aromatic ring is 1. The van der Waals surface area contributed by atoms with Gasteiger partial charge in [0.25, 0.3) is 0 Å². The van der Waals surface area contributed by atoms with Crippen molar-refractivity contribution in [3.63, 3.8) is 0 Å². The molecule has 1 aromatic rings. The van der Waals surface area contributed by atoms with E-state index in [1.54, 1.807) is 13.0 Å². The monoisotopic (exact) mass is 228 g/mol. The largest absolute Gasteiger partial charge is 0.399 e. The first-order valence-electron chi connectivity index (χ1n) is 4.47. The quantitative estimate of drug-likeness (QED) is 0.607. The number of halogens is 1. The predicted molar refractivity (Wildman–Crippen MR) is 59.9 cm³/mol. The number of hydrogen-bond acceptors (Lipinski definition) is 3. The normalized spacial score (nSPS) is 12.4. The van der Waals surface area contributed by atoms with Gasteiger partial charge >= 0.3 is 0 Å². The third-order valence-corrected chi connectivity index (χ3v) is 3.12. The van der Waals surface area contributed by atoms with Crippen molar-refractivity contribution in [1.29, 1.82) is 0 Å². The van der Waals surface area contributed by atoms with Crippen LogP contribution in [-0.2, 0) is 4.79 Å². The highest BCUT2D eigenvalue weighted by atomic mass is 32.2. The third kappa shape index (κ3) is 3.79. The molecule has 1 aromatic carbocycles. The van der Waals surface area contributed by atoms with E-state index in [0.717, 1.165) is 0 Å². The van der Waals surface area contributed by atoms with Crippen LogP contribution in [0, 0.1) is 11.7 Å². The molecule has 0 aliphatic rings. The van der Waals surface area contributed by atoms with Gasteiger partial charge in [0.15, 0.2) is 0 Å². The van der Waals surface area contributed by atoms with Gasteiger partial charge in [-0.25, -0.2) is 4.39 Å². The molecule has 5 heteroatoms. The maximum Gasteiger partial charge on any atom is 0.221 e. The molecular formula is C10H13FN2OS. The zero-order valence-corrected chi connectivity index (χ0v) is 9.18. The summed E-state index contributed by atoms with van der Waals surface area (Å²) in [5, 5.41) is 0. The molecule has 0 saturated carbocycles. The zero-order chi connectivity index (χ0) is 11.4. The van der Waals surface area contributed by atoms with Crippen LogP contribution < -0.4 is 11.5 Å². The molecule has 0 bridgehead atoms. The lowest BCUT2D eigenvalue weighted by molar-refractivity contribution is -0.120. The minimum atomic E-state index is -0.371. The van der Waals surface area contributed by atoms with Crippen molar-refractivity contribution < 1.29 is 9.18 Å². The number of nitrogens with two attached hydrogens (primary N) is 2. The summed E-state index contributed by atoms with van der Waals surface area (Å²) in [5.41, 5.74) is 11.0. The summed E-state index contributed by atoms with van der Waals surface area (Å²) < 4.78 is 12.9. The van der Waals surface area contributed by atoms with E-state index in [1.165, 1.54) is 23.9 Å². The Hall–Kier alpha value is -1.23. The summed E-state index contributed by atoms with van der Waals surface area (Å²) in [6.45, 7) is 1.73. The molecule has 3 nitrogen and oxygen atoms in total. The number of benzene rings is 1. The fourth-order valence-corrected chi connectivity index (χ4v) is 1.99. The third-order valence-electron chi connectivity index (χ3n) is 1.88. The van der Waals surface area contributed by atoms with Crippen LogP contribution >= 0.6 is 11.8 Å². The Morgan fingerprint density at radius 1 is 1.53 bits per heavy atom. The molecule has 0 saturated heterocycles. The van der Waals surface area contributed by atoms with Crippen molar-refractivity contribution >= 4 is 23.4 Å². The average Bonchev–Trinajstić information content (AvgIpc) is 2.12. The SMILES string of the molecule is CC(CSc1cc(N)cc(F)c1)C(N)=O. The van der Waals surface area contributed by atoms with E-state index in [-0.39, 0.29) is 17.6 Å². The van der Waals surface area contributed by atoms with E-state index in [1.807, 2.05) is 0 Å². The lowest BCUT2D eigenvalue weighted by Crippen LogP contribution is -2.22. The van der Waals surface area contributed by atoms with Gasteiger partial charge in [0.05, 0.1) is 0 Å². The molecule has 15 heavy (non-hydrogen) atoms. The number of rotatable bonds is 4. The fourth-order valence-electron chi connectivity index (χ4n) is 0.971. The highest BCUT2D eigenvalue weighted by molar-refractivity contribution is 7.99. The fraction of sp³-hybridized carbons (Fsp3) is 0.300. The molecule has 1 amide bonds. The second kappa shape index (κ2) is 5.02. The smallest absolute Gasteiger partial charge is 0.221 e. The number of anilines is 1. The summed E-state index contributed by atoms with van der Waals surface area (Å²) in [7, 11) is 0.